The highest BCUT2D eigenvalue weighted by Crippen LogP contribution is 1.76. The van der Waals surface area contributed by atoms with E-state index in [1.807, 2.05) is 12.3 Å². The van der Waals surface area contributed by atoms with Crippen LogP contribution in [0.4, 0.5) is 0 Å². The molecule has 0 saturated carbocycles. The SMILES string of the molecule is C1=CN[SiH2]C=C1. The zero-order valence-corrected chi connectivity index (χ0v) is 4.93. The molecule has 0 radical (unpaired) electrons. The predicted molar refractivity (Wildman–Crippen MR) is 30.0 cm³/mol. The molecule has 1 aliphatic rings. The third-order valence-corrected chi connectivity index (χ3v) is 1.68. The monoisotopic (exact) mass is 97.0 g/mol. The molecule has 6 heavy (non-hydrogen) atoms. The molecule has 0 bridgehead atoms. The van der Waals surface area contributed by atoms with Gasteiger partial charge in [0.05, 0.1) is 0 Å². The summed E-state index contributed by atoms with van der Waals surface area (Å²) in [6.07, 6.45) is 6.09. The van der Waals surface area contributed by atoms with Crippen molar-refractivity contribution in [3.8, 4) is 0 Å². The van der Waals surface area contributed by atoms with E-state index in [-0.39, 0.29) is 9.68 Å². The van der Waals surface area contributed by atoms with Gasteiger partial charge in [-0.15, -0.1) is 0 Å². The normalized spacial score (nSPS) is 21.3. The third-order valence-electron chi connectivity index (χ3n) is 0.697. The van der Waals surface area contributed by atoms with E-state index in [0.717, 1.165) is 0 Å². The zero-order chi connectivity index (χ0) is 4.24. The van der Waals surface area contributed by atoms with Crippen LogP contribution < -0.4 is 4.98 Å². The average molecular weight is 97.2 g/mol. The molecule has 0 unspecified atom stereocenters. The summed E-state index contributed by atoms with van der Waals surface area (Å²) in [7, 11) is -0.00887. The van der Waals surface area contributed by atoms with Crippen molar-refractivity contribution in [2.45, 2.75) is 0 Å². The van der Waals surface area contributed by atoms with Gasteiger partial charge in [0, 0.05) is 0 Å². The van der Waals surface area contributed by atoms with Crippen LogP contribution in [0.3, 0.4) is 0 Å². The summed E-state index contributed by atoms with van der Waals surface area (Å²) in [6.45, 7) is 0. The molecule has 0 amide bonds. The van der Waals surface area contributed by atoms with Crippen LogP contribution in [-0.4, -0.2) is 9.68 Å². The summed E-state index contributed by atoms with van der Waals surface area (Å²) in [6, 6.07) is 0. The molecule has 0 aliphatic carbocycles. The number of hydrogen-bond donors (Lipinski definition) is 1. The first-order valence-corrected chi connectivity index (χ1v) is 3.57. The Hall–Kier alpha value is -0.503. The second-order valence-corrected chi connectivity index (χ2v) is 2.48. The molecule has 1 rings (SSSR count). The Bertz CT molecular complexity index is 73.5. The highest BCUT2D eigenvalue weighted by molar-refractivity contribution is 6.39. The van der Waals surface area contributed by atoms with Gasteiger partial charge >= 0.3 is 0 Å². The van der Waals surface area contributed by atoms with Crippen molar-refractivity contribution in [3.05, 3.63) is 24.1 Å². The van der Waals surface area contributed by atoms with Gasteiger partial charge < -0.3 is 4.98 Å². The van der Waals surface area contributed by atoms with Crippen LogP contribution >= 0.6 is 0 Å². The number of nitrogens with one attached hydrogen (secondary N) is 1. The lowest BCUT2D eigenvalue weighted by Crippen LogP contribution is -2.10. The van der Waals surface area contributed by atoms with Crippen molar-refractivity contribution in [3.63, 3.8) is 0 Å². The Morgan fingerprint density at radius 1 is 1.33 bits per heavy atom. The van der Waals surface area contributed by atoms with Crippen LogP contribution in [0.25, 0.3) is 0 Å². The summed E-state index contributed by atoms with van der Waals surface area (Å²) in [4.78, 5) is 3.16. The van der Waals surface area contributed by atoms with Crippen LogP contribution in [0, 0.1) is 0 Å². The molecule has 32 valence electrons. The quantitative estimate of drug-likeness (QED) is 0.409. The first-order valence-electron chi connectivity index (χ1n) is 2.05. The Morgan fingerprint density at radius 2 is 2.33 bits per heavy atom. The van der Waals surface area contributed by atoms with Gasteiger partial charge in [0.15, 0.2) is 0 Å². The summed E-state index contributed by atoms with van der Waals surface area (Å²) in [5.41, 5.74) is 2.21. The molecule has 1 heterocycles. The van der Waals surface area contributed by atoms with Crippen LogP contribution in [0.1, 0.15) is 0 Å². The van der Waals surface area contributed by atoms with E-state index < -0.39 is 0 Å². The fourth-order valence-electron chi connectivity index (χ4n) is 0.406. The summed E-state index contributed by atoms with van der Waals surface area (Å²) >= 11 is 0. The molecular weight excluding hydrogens is 90.1 g/mol. The Morgan fingerprint density at radius 3 is 2.50 bits per heavy atom. The predicted octanol–water partition coefficient (Wildman–Crippen LogP) is -0.299. The van der Waals surface area contributed by atoms with Gasteiger partial charge in [0.2, 0.25) is 0 Å². The van der Waals surface area contributed by atoms with Crippen LogP contribution in [0.5, 0.6) is 0 Å². The van der Waals surface area contributed by atoms with E-state index in [4.69, 9.17) is 0 Å². The van der Waals surface area contributed by atoms with E-state index in [1.165, 1.54) is 0 Å². The van der Waals surface area contributed by atoms with Crippen molar-refractivity contribution in [1.82, 2.24) is 4.98 Å². The molecule has 1 aliphatic heterocycles. The van der Waals surface area contributed by atoms with Gasteiger partial charge in [-0.25, -0.2) is 0 Å². The lowest BCUT2D eigenvalue weighted by molar-refractivity contribution is 1.35. The first kappa shape index (κ1) is 3.68. The van der Waals surface area contributed by atoms with Gasteiger partial charge in [0.1, 0.15) is 9.68 Å². The number of rotatable bonds is 0. The maximum absolute atomic E-state index is 3.16. The first-order chi connectivity index (χ1) is 3.00. The minimum absolute atomic E-state index is 0.00887. The minimum atomic E-state index is -0.00887. The topological polar surface area (TPSA) is 12.0 Å². The van der Waals surface area contributed by atoms with E-state index in [2.05, 4.69) is 16.8 Å². The molecule has 0 saturated heterocycles. The summed E-state index contributed by atoms with van der Waals surface area (Å²) in [5, 5.41) is 0. The number of hydrogen-bond acceptors (Lipinski definition) is 1. The van der Waals surface area contributed by atoms with Gasteiger partial charge in [-0.05, 0) is 12.3 Å². The number of allylic oxidation sites excluding steroid dienone is 2. The standard InChI is InChI=1S/C4H7NSi/c1-2-4-6-5-3-1/h1-5H,6H2. The van der Waals surface area contributed by atoms with Crippen molar-refractivity contribution in [2.24, 2.45) is 0 Å². The Balaban J connectivity index is 2.46. The second kappa shape index (κ2) is 1.82. The molecule has 2 heteroatoms. The van der Waals surface area contributed by atoms with Crippen molar-refractivity contribution in [2.75, 3.05) is 0 Å². The molecular formula is C4H7NSi. The van der Waals surface area contributed by atoms with Gasteiger partial charge in [-0.3, -0.25) is 0 Å². The Kier molecular flexibility index (Phi) is 1.12. The maximum Gasteiger partial charge on any atom is 0.144 e. The average Bonchev–Trinajstić information content (AvgIpc) is 1.72. The molecule has 1 nitrogen and oxygen atoms in total. The fourth-order valence-corrected chi connectivity index (χ4v) is 1.11. The van der Waals surface area contributed by atoms with Crippen molar-refractivity contribution < 1.29 is 0 Å². The molecule has 0 aromatic carbocycles. The van der Waals surface area contributed by atoms with Crippen molar-refractivity contribution in [1.29, 1.82) is 0 Å². The summed E-state index contributed by atoms with van der Waals surface area (Å²) < 4.78 is 0. The van der Waals surface area contributed by atoms with E-state index >= 15 is 0 Å². The zero-order valence-electron chi connectivity index (χ0n) is 3.52. The smallest absolute Gasteiger partial charge is 0.144 e. The largest absolute Gasteiger partial charge is 0.418 e. The molecule has 0 spiro atoms. The lowest BCUT2D eigenvalue weighted by Gasteiger charge is -1.93. The lowest BCUT2D eigenvalue weighted by atomic mass is 10.6. The van der Waals surface area contributed by atoms with Crippen LogP contribution in [0.2, 0.25) is 0 Å². The molecule has 1 N–H and O–H groups in total. The minimum Gasteiger partial charge on any atom is -0.418 e. The van der Waals surface area contributed by atoms with E-state index in [0.29, 0.717) is 0 Å². The fraction of sp³-hybridized carbons (Fsp3) is 0. The van der Waals surface area contributed by atoms with Crippen LogP contribution in [-0.2, 0) is 0 Å². The van der Waals surface area contributed by atoms with E-state index in [1.54, 1.807) is 0 Å². The van der Waals surface area contributed by atoms with Gasteiger partial charge in [0.25, 0.3) is 0 Å². The maximum atomic E-state index is 3.16. The highest BCUT2D eigenvalue weighted by atomic mass is 28.2. The van der Waals surface area contributed by atoms with Gasteiger partial charge in [-0.2, -0.15) is 0 Å². The third kappa shape index (κ3) is 0.722. The van der Waals surface area contributed by atoms with Crippen molar-refractivity contribution >= 4 is 9.68 Å². The molecule has 0 atom stereocenters. The van der Waals surface area contributed by atoms with Crippen LogP contribution in [0.15, 0.2) is 24.1 Å². The molecule has 0 aromatic heterocycles. The molecule has 0 fully saturated rings. The highest BCUT2D eigenvalue weighted by Gasteiger charge is 1.75. The van der Waals surface area contributed by atoms with Gasteiger partial charge in [-0.1, -0.05) is 11.8 Å². The second-order valence-electron chi connectivity index (χ2n) is 1.20. The molecule has 0 aromatic rings. The Labute approximate surface area is 39.7 Å². The van der Waals surface area contributed by atoms with E-state index in [9.17, 15) is 0 Å². The summed E-state index contributed by atoms with van der Waals surface area (Å²) in [5.74, 6) is 0.